The van der Waals surface area contributed by atoms with Crippen LogP contribution in [-0.2, 0) is 0 Å². The van der Waals surface area contributed by atoms with Crippen LogP contribution in [0.5, 0.6) is 5.75 Å². The summed E-state index contributed by atoms with van der Waals surface area (Å²) in [5, 5.41) is 29.8. The van der Waals surface area contributed by atoms with E-state index in [0.29, 0.717) is 21.2 Å². The number of thiophene rings is 1. The normalized spacial score (nSPS) is 10.7. The SMILES string of the molecule is Nc1ccc2c(B(O)O)csc2c1O. The Kier molecular flexibility index (Phi) is 2.11. The minimum absolute atomic E-state index is 0.000556. The van der Waals surface area contributed by atoms with Crippen molar-refractivity contribution >= 4 is 39.7 Å². The van der Waals surface area contributed by atoms with E-state index in [1.165, 1.54) is 17.4 Å². The van der Waals surface area contributed by atoms with E-state index in [4.69, 9.17) is 15.8 Å². The van der Waals surface area contributed by atoms with Crippen LogP contribution < -0.4 is 11.2 Å². The highest BCUT2D eigenvalue weighted by molar-refractivity contribution is 7.19. The molecule has 1 heterocycles. The monoisotopic (exact) mass is 209 g/mol. The Balaban J connectivity index is 2.77. The number of fused-ring (bicyclic) bond motifs is 1. The summed E-state index contributed by atoms with van der Waals surface area (Å²) in [4.78, 5) is 0. The summed E-state index contributed by atoms with van der Waals surface area (Å²) in [5.41, 5.74) is 6.18. The summed E-state index contributed by atoms with van der Waals surface area (Å²) in [7, 11) is -1.52. The van der Waals surface area contributed by atoms with Gasteiger partial charge in [-0.15, -0.1) is 11.3 Å². The number of hydrogen-bond donors (Lipinski definition) is 4. The zero-order valence-corrected chi connectivity index (χ0v) is 7.95. The highest BCUT2D eigenvalue weighted by Gasteiger charge is 2.18. The molecule has 0 amide bonds. The average molecular weight is 209 g/mol. The minimum atomic E-state index is -1.52. The van der Waals surface area contributed by atoms with Gasteiger partial charge in [0.15, 0.2) is 5.75 Å². The summed E-state index contributed by atoms with van der Waals surface area (Å²) >= 11 is 1.23. The van der Waals surface area contributed by atoms with Gasteiger partial charge in [-0.25, -0.2) is 0 Å². The molecule has 2 rings (SSSR count). The lowest BCUT2D eigenvalue weighted by Gasteiger charge is -2.00. The van der Waals surface area contributed by atoms with Crippen molar-refractivity contribution in [3.05, 3.63) is 17.5 Å². The zero-order valence-electron chi connectivity index (χ0n) is 7.14. The van der Waals surface area contributed by atoms with E-state index in [-0.39, 0.29) is 5.75 Å². The van der Waals surface area contributed by atoms with Gasteiger partial charge in [0.2, 0.25) is 0 Å². The van der Waals surface area contributed by atoms with Crippen LogP contribution >= 0.6 is 11.3 Å². The first kappa shape index (κ1) is 9.33. The van der Waals surface area contributed by atoms with E-state index < -0.39 is 7.12 Å². The van der Waals surface area contributed by atoms with Crippen molar-refractivity contribution in [1.82, 2.24) is 0 Å². The topological polar surface area (TPSA) is 86.7 Å². The maximum absolute atomic E-state index is 9.58. The Morgan fingerprint density at radius 1 is 1.29 bits per heavy atom. The highest BCUT2D eigenvalue weighted by Crippen LogP contribution is 2.33. The van der Waals surface area contributed by atoms with E-state index in [1.54, 1.807) is 11.4 Å². The predicted molar refractivity (Wildman–Crippen MR) is 57.7 cm³/mol. The van der Waals surface area contributed by atoms with Crippen molar-refractivity contribution in [2.24, 2.45) is 0 Å². The number of aromatic hydroxyl groups is 1. The van der Waals surface area contributed by atoms with Crippen molar-refractivity contribution in [3.63, 3.8) is 0 Å². The van der Waals surface area contributed by atoms with Crippen LogP contribution in [0.2, 0.25) is 0 Å². The summed E-state index contributed by atoms with van der Waals surface area (Å²) < 4.78 is 0.577. The van der Waals surface area contributed by atoms with Crippen LogP contribution in [0.25, 0.3) is 10.1 Å². The second-order valence-corrected chi connectivity index (χ2v) is 3.82. The predicted octanol–water partition coefficient (Wildman–Crippen LogP) is -0.131. The first-order valence-electron chi connectivity index (χ1n) is 3.96. The Bertz CT molecular complexity index is 483. The number of hydrogen-bond acceptors (Lipinski definition) is 5. The molecule has 72 valence electrons. The van der Waals surface area contributed by atoms with Gasteiger partial charge in [-0.3, -0.25) is 0 Å². The zero-order chi connectivity index (χ0) is 10.3. The van der Waals surface area contributed by atoms with E-state index in [2.05, 4.69) is 0 Å². The number of nitrogens with two attached hydrogens (primary N) is 1. The van der Waals surface area contributed by atoms with Crippen LogP contribution in [0.15, 0.2) is 17.5 Å². The second-order valence-electron chi connectivity index (χ2n) is 2.94. The van der Waals surface area contributed by atoms with Gasteiger partial charge in [-0.2, -0.15) is 0 Å². The fourth-order valence-corrected chi connectivity index (χ4v) is 2.35. The maximum Gasteiger partial charge on any atom is 0.489 e. The van der Waals surface area contributed by atoms with Crippen molar-refractivity contribution < 1.29 is 15.2 Å². The maximum atomic E-state index is 9.58. The molecule has 0 fully saturated rings. The number of phenolic OH excluding ortho intramolecular Hbond substituents is 1. The van der Waals surface area contributed by atoms with Crippen LogP contribution in [-0.4, -0.2) is 22.3 Å². The molecule has 0 spiro atoms. The third kappa shape index (κ3) is 1.24. The molecule has 2 aromatic rings. The van der Waals surface area contributed by atoms with Crippen LogP contribution in [0.4, 0.5) is 5.69 Å². The second kappa shape index (κ2) is 3.16. The third-order valence-electron chi connectivity index (χ3n) is 2.06. The lowest BCUT2D eigenvalue weighted by Crippen LogP contribution is -2.28. The number of rotatable bonds is 1. The van der Waals surface area contributed by atoms with Gasteiger partial charge in [-0.05, 0) is 16.8 Å². The Morgan fingerprint density at radius 2 is 2.00 bits per heavy atom. The molecule has 1 aromatic carbocycles. The van der Waals surface area contributed by atoms with Crippen LogP contribution in [0, 0.1) is 0 Å². The van der Waals surface area contributed by atoms with Gasteiger partial charge in [-0.1, -0.05) is 6.07 Å². The molecule has 0 saturated heterocycles. The summed E-state index contributed by atoms with van der Waals surface area (Å²) in [6.07, 6.45) is 0. The molecule has 0 aliphatic carbocycles. The molecule has 6 heteroatoms. The molecule has 0 unspecified atom stereocenters. The largest absolute Gasteiger partial charge is 0.504 e. The van der Waals surface area contributed by atoms with Crippen molar-refractivity contribution in [2.75, 3.05) is 5.73 Å². The van der Waals surface area contributed by atoms with Crippen molar-refractivity contribution in [2.45, 2.75) is 0 Å². The smallest absolute Gasteiger partial charge is 0.489 e. The van der Waals surface area contributed by atoms with Crippen LogP contribution in [0.3, 0.4) is 0 Å². The molecule has 4 nitrogen and oxygen atoms in total. The average Bonchev–Trinajstić information content (AvgIpc) is 2.55. The number of anilines is 1. The van der Waals surface area contributed by atoms with Crippen molar-refractivity contribution in [3.8, 4) is 5.75 Å². The number of nitrogen functional groups attached to an aromatic ring is 1. The molecule has 1 aromatic heterocycles. The number of phenols is 1. The minimum Gasteiger partial charge on any atom is -0.504 e. The van der Waals surface area contributed by atoms with Gasteiger partial charge in [0.25, 0.3) is 0 Å². The standard InChI is InChI=1S/C8H8BNO3S/c10-6-2-1-4-5(9(12)13)3-14-8(4)7(6)11/h1-3,11-13H,10H2. The molecular weight excluding hydrogens is 201 g/mol. The molecular formula is C8H8BNO3S. The molecule has 0 radical (unpaired) electrons. The lowest BCUT2D eigenvalue weighted by molar-refractivity contribution is 0.426. The quantitative estimate of drug-likeness (QED) is 0.299. The van der Waals surface area contributed by atoms with Gasteiger partial charge in [0, 0.05) is 5.46 Å². The summed E-state index contributed by atoms with van der Waals surface area (Å²) in [6.45, 7) is 0. The lowest BCUT2D eigenvalue weighted by atomic mass is 9.80. The molecule has 0 saturated carbocycles. The molecule has 0 aliphatic rings. The first-order valence-corrected chi connectivity index (χ1v) is 4.84. The van der Waals surface area contributed by atoms with E-state index in [0.717, 1.165) is 0 Å². The van der Waals surface area contributed by atoms with Gasteiger partial charge in [0.1, 0.15) is 0 Å². The Labute approximate surface area is 84.4 Å². The third-order valence-corrected chi connectivity index (χ3v) is 3.08. The summed E-state index contributed by atoms with van der Waals surface area (Å²) in [6, 6.07) is 3.20. The van der Waals surface area contributed by atoms with Crippen LogP contribution in [0.1, 0.15) is 0 Å². The number of benzene rings is 1. The molecule has 0 aliphatic heterocycles. The Morgan fingerprint density at radius 3 is 2.64 bits per heavy atom. The Hall–Kier alpha value is -1.24. The molecule has 0 bridgehead atoms. The fraction of sp³-hybridized carbons (Fsp3) is 0. The fourth-order valence-electron chi connectivity index (χ4n) is 1.32. The molecule has 5 N–H and O–H groups in total. The summed E-state index contributed by atoms with van der Waals surface area (Å²) in [5.74, 6) is -0.000556. The van der Waals surface area contributed by atoms with Gasteiger partial charge < -0.3 is 20.9 Å². The highest BCUT2D eigenvalue weighted by atomic mass is 32.1. The van der Waals surface area contributed by atoms with Gasteiger partial charge >= 0.3 is 7.12 Å². The van der Waals surface area contributed by atoms with Gasteiger partial charge in [0.05, 0.1) is 10.4 Å². The molecule has 14 heavy (non-hydrogen) atoms. The first-order chi connectivity index (χ1) is 6.61. The molecule has 0 atom stereocenters. The van der Waals surface area contributed by atoms with Crippen molar-refractivity contribution in [1.29, 1.82) is 0 Å². The van der Waals surface area contributed by atoms with E-state index in [9.17, 15) is 5.11 Å². The van der Waals surface area contributed by atoms with E-state index >= 15 is 0 Å². The van der Waals surface area contributed by atoms with E-state index in [1.807, 2.05) is 0 Å².